The van der Waals surface area contributed by atoms with Crippen molar-refractivity contribution in [2.45, 2.75) is 6.73 Å². The number of para-hydroxylation sites is 1. The SMILES string of the molecule is C=CC(=O)OCn1ccc2ccccc21. The predicted octanol–water partition coefficient (Wildman–Crippen LogP) is 2.33. The molecule has 0 fully saturated rings. The molecule has 0 spiro atoms. The van der Waals surface area contributed by atoms with Gasteiger partial charge in [-0.25, -0.2) is 4.79 Å². The zero-order valence-electron chi connectivity index (χ0n) is 8.22. The molecule has 3 nitrogen and oxygen atoms in total. The number of rotatable bonds is 3. The fraction of sp³-hybridized carbons (Fsp3) is 0.0833. The molecule has 1 aromatic heterocycles. The van der Waals surface area contributed by atoms with Crippen molar-refractivity contribution >= 4 is 16.9 Å². The van der Waals surface area contributed by atoms with Crippen LogP contribution in [0.4, 0.5) is 0 Å². The third-order valence-electron chi connectivity index (χ3n) is 2.19. The van der Waals surface area contributed by atoms with Gasteiger partial charge in [0.15, 0.2) is 6.73 Å². The number of esters is 1. The van der Waals surface area contributed by atoms with Gasteiger partial charge in [0.05, 0.1) is 5.52 Å². The monoisotopic (exact) mass is 201 g/mol. The van der Waals surface area contributed by atoms with Crippen LogP contribution in [0.5, 0.6) is 0 Å². The van der Waals surface area contributed by atoms with Gasteiger partial charge >= 0.3 is 5.97 Å². The van der Waals surface area contributed by atoms with Crippen LogP contribution < -0.4 is 0 Å². The van der Waals surface area contributed by atoms with E-state index in [1.165, 1.54) is 0 Å². The van der Waals surface area contributed by atoms with Crippen LogP contribution in [0.2, 0.25) is 0 Å². The lowest BCUT2D eigenvalue weighted by Gasteiger charge is -2.04. The van der Waals surface area contributed by atoms with E-state index in [9.17, 15) is 4.79 Å². The largest absolute Gasteiger partial charge is 0.441 e. The van der Waals surface area contributed by atoms with Gasteiger partial charge in [-0.05, 0) is 17.5 Å². The van der Waals surface area contributed by atoms with Crippen LogP contribution in [0.1, 0.15) is 0 Å². The summed E-state index contributed by atoms with van der Waals surface area (Å²) in [6.07, 6.45) is 3.05. The van der Waals surface area contributed by atoms with Crippen molar-refractivity contribution in [3.63, 3.8) is 0 Å². The second kappa shape index (κ2) is 4.00. The van der Waals surface area contributed by atoms with Gasteiger partial charge < -0.3 is 9.30 Å². The molecular weight excluding hydrogens is 190 g/mol. The summed E-state index contributed by atoms with van der Waals surface area (Å²) in [6.45, 7) is 3.56. The molecule has 0 amide bonds. The Balaban J connectivity index is 2.21. The first-order valence-corrected chi connectivity index (χ1v) is 4.64. The van der Waals surface area contributed by atoms with Crippen LogP contribution in [-0.4, -0.2) is 10.5 Å². The Morgan fingerprint density at radius 2 is 2.20 bits per heavy atom. The molecule has 0 unspecified atom stereocenters. The number of ether oxygens (including phenoxy) is 1. The molecule has 76 valence electrons. The van der Waals surface area contributed by atoms with Crippen LogP contribution in [0.15, 0.2) is 49.2 Å². The van der Waals surface area contributed by atoms with Gasteiger partial charge in [0.2, 0.25) is 0 Å². The molecular formula is C12H11NO2. The third kappa shape index (κ3) is 1.91. The minimum absolute atomic E-state index is 0.221. The minimum Gasteiger partial charge on any atom is -0.441 e. The predicted molar refractivity (Wildman–Crippen MR) is 58.2 cm³/mol. The molecule has 15 heavy (non-hydrogen) atoms. The molecule has 0 aliphatic rings. The van der Waals surface area contributed by atoms with Crippen molar-refractivity contribution in [3.05, 3.63) is 49.2 Å². The Labute approximate surface area is 87.6 Å². The molecule has 1 aromatic carbocycles. The van der Waals surface area contributed by atoms with Gasteiger partial charge in [0.1, 0.15) is 0 Å². The fourth-order valence-corrected chi connectivity index (χ4v) is 1.45. The molecule has 0 atom stereocenters. The van der Waals surface area contributed by atoms with Gasteiger partial charge in [-0.3, -0.25) is 0 Å². The number of hydrogen-bond donors (Lipinski definition) is 0. The molecule has 0 aliphatic carbocycles. The second-order valence-corrected chi connectivity index (χ2v) is 3.14. The Kier molecular flexibility index (Phi) is 2.54. The molecule has 0 N–H and O–H groups in total. The summed E-state index contributed by atoms with van der Waals surface area (Å²) >= 11 is 0. The lowest BCUT2D eigenvalue weighted by Crippen LogP contribution is -2.05. The number of benzene rings is 1. The van der Waals surface area contributed by atoms with E-state index in [0.29, 0.717) is 0 Å². The number of hydrogen-bond acceptors (Lipinski definition) is 2. The summed E-state index contributed by atoms with van der Waals surface area (Å²) in [5.74, 6) is -0.409. The number of aromatic nitrogens is 1. The van der Waals surface area contributed by atoms with Gasteiger partial charge in [0, 0.05) is 12.3 Å². The molecule has 0 bridgehead atoms. The van der Waals surface area contributed by atoms with E-state index >= 15 is 0 Å². The third-order valence-corrected chi connectivity index (χ3v) is 2.19. The number of nitrogens with zero attached hydrogens (tertiary/aromatic N) is 1. The zero-order chi connectivity index (χ0) is 10.7. The van der Waals surface area contributed by atoms with Crippen LogP contribution in [0.3, 0.4) is 0 Å². The first-order chi connectivity index (χ1) is 7.31. The molecule has 2 aromatic rings. The smallest absolute Gasteiger partial charge is 0.331 e. The molecule has 0 saturated carbocycles. The standard InChI is InChI=1S/C12H11NO2/c1-2-12(14)15-9-13-8-7-10-5-3-4-6-11(10)13/h2-8H,1,9H2. The highest BCUT2D eigenvalue weighted by molar-refractivity contribution is 5.82. The van der Waals surface area contributed by atoms with E-state index in [1.54, 1.807) is 0 Å². The van der Waals surface area contributed by atoms with Crippen molar-refractivity contribution in [1.29, 1.82) is 0 Å². The average molecular weight is 201 g/mol. The molecule has 0 saturated heterocycles. The number of carbonyl (C=O) groups excluding carboxylic acids is 1. The van der Waals surface area contributed by atoms with Crippen molar-refractivity contribution < 1.29 is 9.53 Å². The highest BCUT2D eigenvalue weighted by Crippen LogP contribution is 2.14. The first-order valence-electron chi connectivity index (χ1n) is 4.64. The lowest BCUT2D eigenvalue weighted by molar-refractivity contribution is -0.141. The van der Waals surface area contributed by atoms with E-state index in [2.05, 4.69) is 6.58 Å². The van der Waals surface area contributed by atoms with Gasteiger partial charge in [-0.15, -0.1) is 0 Å². The van der Waals surface area contributed by atoms with Crippen LogP contribution in [0.25, 0.3) is 10.9 Å². The van der Waals surface area contributed by atoms with Crippen LogP contribution in [-0.2, 0) is 16.3 Å². The van der Waals surface area contributed by atoms with Crippen molar-refractivity contribution in [2.24, 2.45) is 0 Å². The summed E-state index contributed by atoms with van der Waals surface area (Å²) in [4.78, 5) is 10.9. The van der Waals surface area contributed by atoms with Crippen molar-refractivity contribution in [1.82, 2.24) is 4.57 Å². The highest BCUT2D eigenvalue weighted by atomic mass is 16.5. The summed E-state index contributed by atoms with van der Waals surface area (Å²) in [5, 5.41) is 1.13. The van der Waals surface area contributed by atoms with E-state index in [4.69, 9.17) is 4.74 Å². The van der Waals surface area contributed by atoms with E-state index in [-0.39, 0.29) is 6.73 Å². The van der Waals surface area contributed by atoms with E-state index < -0.39 is 5.97 Å². The van der Waals surface area contributed by atoms with Crippen molar-refractivity contribution in [2.75, 3.05) is 0 Å². The zero-order valence-corrected chi connectivity index (χ0v) is 8.22. The fourth-order valence-electron chi connectivity index (χ4n) is 1.45. The number of fused-ring (bicyclic) bond motifs is 1. The van der Waals surface area contributed by atoms with Crippen LogP contribution in [0, 0.1) is 0 Å². The Morgan fingerprint density at radius 3 is 3.00 bits per heavy atom. The molecule has 1 heterocycles. The normalized spacial score (nSPS) is 10.1. The first kappa shape index (κ1) is 9.52. The Morgan fingerprint density at radius 1 is 1.40 bits per heavy atom. The Bertz CT molecular complexity index is 499. The van der Waals surface area contributed by atoms with Crippen molar-refractivity contribution in [3.8, 4) is 0 Å². The topological polar surface area (TPSA) is 31.2 Å². The highest BCUT2D eigenvalue weighted by Gasteiger charge is 2.01. The summed E-state index contributed by atoms with van der Waals surface area (Å²) in [7, 11) is 0. The maximum absolute atomic E-state index is 10.9. The summed E-state index contributed by atoms with van der Waals surface area (Å²) in [5.41, 5.74) is 1.05. The molecule has 2 rings (SSSR count). The molecule has 0 aliphatic heterocycles. The van der Waals surface area contributed by atoms with E-state index in [0.717, 1.165) is 17.0 Å². The average Bonchev–Trinajstić information content (AvgIpc) is 2.69. The maximum atomic E-state index is 10.9. The van der Waals surface area contributed by atoms with Gasteiger partial charge in [-0.1, -0.05) is 24.8 Å². The summed E-state index contributed by atoms with van der Waals surface area (Å²) < 4.78 is 6.82. The minimum atomic E-state index is -0.409. The Hall–Kier alpha value is -2.03. The summed E-state index contributed by atoms with van der Waals surface area (Å²) in [6, 6.07) is 9.91. The van der Waals surface area contributed by atoms with Crippen LogP contribution >= 0.6 is 0 Å². The lowest BCUT2D eigenvalue weighted by atomic mass is 10.2. The molecule has 3 heteroatoms. The number of carbonyl (C=O) groups is 1. The molecule has 0 radical (unpaired) electrons. The van der Waals surface area contributed by atoms with Gasteiger partial charge in [-0.2, -0.15) is 0 Å². The van der Waals surface area contributed by atoms with E-state index in [1.807, 2.05) is 41.1 Å². The second-order valence-electron chi connectivity index (χ2n) is 3.14. The quantitative estimate of drug-likeness (QED) is 0.563. The maximum Gasteiger partial charge on any atom is 0.331 e. The van der Waals surface area contributed by atoms with Gasteiger partial charge in [0.25, 0.3) is 0 Å².